The lowest BCUT2D eigenvalue weighted by atomic mass is 9.99. The lowest BCUT2D eigenvalue weighted by Gasteiger charge is -2.25. The highest BCUT2D eigenvalue weighted by Gasteiger charge is 2.22. The maximum atomic E-state index is 6.28. The van der Waals surface area contributed by atoms with Gasteiger partial charge in [0.1, 0.15) is 0 Å². The summed E-state index contributed by atoms with van der Waals surface area (Å²) < 4.78 is 2.15. The molecule has 0 radical (unpaired) electrons. The Balaban J connectivity index is 2.47. The Kier molecular flexibility index (Phi) is 3.77. The van der Waals surface area contributed by atoms with Crippen molar-refractivity contribution >= 4 is 0 Å². The highest BCUT2D eigenvalue weighted by atomic mass is 15.1. The van der Waals surface area contributed by atoms with Gasteiger partial charge in [-0.1, -0.05) is 13.0 Å². The summed E-state index contributed by atoms with van der Waals surface area (Å²) in [6, 6.07) is 4.18. The molecule has 0 saturated heterocycles. The van der Waals surface area contributed by atoms with Gasteiger partial charge in [-0.25, -0.2) is 4.98 Å². The fraction of sp³-hybridized carbons (Fsp3) is 0.429. The van der Waals surface area contributed by atoms with E-state index >= 15 is 0 Å². The number of rotatable bonds is 4. The van der Waals surface area contributed by atoms with Crippen molar-refractivity contribution in [2.24, 2.45) is 5.73 Å². The second-order valence-electron chi connectivity index (χ2n) is 4.63. The topological polar surface area (TPSA) is 56.7 Å². The molecule has 0 fully saturated rings. The smallest absolute Gasteiger partial charge is 0.0957 e. The van der Waals surface area contributed by atoms with Crippen molar-refractivity contribution < 1.29 is 0 Å². The zero-order valence-electron chi connectivity index (χ0n) is 11.2. The molecule has 0 saturated carbocycles. The average molecular weight is 244 g/mol. The van der Waals surface area contributed by atoms with Crippen molar-refractivity contribution in [1.29, 1.82) is 0 Å². The van der Waals surface area contributed by atoms with Gasteiger partial charge in [-0.05, 0) is 31.9 Å². The van der Waals surface area contributed by atoms with Crippen molar-refractivity contribution in [3.05, 3.63) is 47.8 Å². The molecule has 0 bridgehead atoms. The maximum Gasteiger partial charge on any atom is 0.0957 e. The van der Waals surface area contributed by atoms with Crippen molar-refractivity contribution in [3.63, 3.8) is 0 Å². The molecular weight excluding hydrogens is 224 g/mol. The third kappa shape index (κ3) is 2.29. The lowest BCUT2D eigenvalue weighted by molar-refractivity contribution is 0.451. The molecule has 0 spiro atoms. The Morgan fingerprint density at radius 2 is 2.17 bits per heavy atom. The maximum absolute atomic E-state index is 6.28. The van der Waals surface area contributed by atoms with Crippen LogP contribution in [0.3, 0.4) is 0 Å². The number of pyridine rings is 1. The molecule has 2 rings (SSSR count). The van der Waals surface area contributed by atoms with Crippen LogP contribution in [0.1, 0.15) is 36.3 Å². The molecule has 18 heavy (non-hydrogen) atoms. The van der Waals surface area contributed by atoms with Crippen molar-refractivity contribution in [2.75, 3.05) is 0 Å². The summed E-state index contributed by atoms with van der Waals surface area (Å²) in [6.45, 7) is 6.20. The standard InChI is InChI=1S/C14H20N4/c1-4-13(15)14(12-6-5-7-16-8-12)18-9-17-10(2)11(18)3/h5-9,13-14H,4,15H2,1-3H3. The summed E-state index contributed by atoms with van der Waals surface area (Å²) in [6.07, 6.45) is 6.45. The van der Waals surface area contributed by atoms with E-state index in [4.69, 9.17) is 5.73 Å². The van der Waals surface area contributed by atoms with Crippen LogP contribution in [0.2, 0.25) is 0 Å². The van der Waals surface area contributed by atoms with Crippen molar-refractivity contribution in [1.82, 2.24) is 14.5 Å². The Labute approximate surface area is 108 Å². The first-order valence-electron chi connectivity index (χ1n) is 6.30. The van der Waals surface area contributed by atoms with Crippen LogP contribution in [0.25, 0.3) is 0 Å². The van der Waals surface area contributed by atoms with E-state index in [1.54, 1.807) is 6.20 Å². The van der Waals surface area contributed by atoms with Crippen LogP contribution in [-0.2, 0) is 0 Å². The first kappa shape index (κ1) is 12.8. The molecule has 2 atom stereocenters. The molecule has 96 valence electrons. The Morgan fingerprint density at radius 3 is 2.67 bits per heavy atom. The second kappa shape index (κ2) is 5.31. The van der Waals surface area contributed by atoms with Crippen LogP contribution in [0.15, 0.2) is 30.9 Å². The molecule has 0 aliphatic heterocycles. The van der Waals surface area contributed by atoms with Crippen LogP contribution < -0.4 is 5.73 Å². The molecule has 0 amide bonds. The predicted octanol–water partition coefficient (Wildman–Crippen LogP) is 2.22. The van der Waals surface area contributed by atoms with Crippen molar-refractivity contribution in [3.8, 4) is 0 Å². The van der Waals surface area contributed by atoms with E-state index in [1.165, 1.54) is 0 Å². The van der Waals surface area contributed by atoms with Crippen LogP contribution >= 0.6 is 0 Å². The van der Waals surface area contributed by atoms with E-state index in [9.17, 15) is 0 Å². The van der Waals surface area contributed by atoms with Crippen LogP contribution in [0, 0.1) is 13.8 Å². The van der Waals surface area contributed by atoms with Gasteiger partial charge in [-0.15, -0.1) is 0 Å². The molecule has 0 aromatic carbocycles. The van der Waals surface area contributed by atoms with Crippen LogP contribution in [0.4, 0.5) is 0 Å². The summed E-state index contributed by atoms with van der Waals surface area (Å²) >= 11 is 0. The minimum absolute atomic E-state index is 0.0569. The minimum atomic E-state index is 0.0569. The van der Waals surface area contributed by atoms with Gasteiger partial charge in [0.05, 0.1) is 18.1 Å². The molecule has 0 aliphatic rings. The van der Waals surface area contributed by atoms with Gasteiger partial charge in [-0.3, -0.25) is 4.98 Å². The van der Waals surface area contributed by atoms with Gasteiger partial charge in [0.2, 0.25) is 0 Å². The number of nitrogens with two attached hydrogens (primary N) is 1. The fourth-order valence-corrected chi connectivity index (χ4v) is 2.18. The van der Waals surface area contributed by atoms with E-state index in [2.05, 4.69) is 34.4 Å². The largest absolute Gasteiger partial charge is 0.326 e. The summed E-state index contributed by atoms with van der Waals surface area (Å²) in [5, 5.41) is 0. The summed E-state index contributed by atoms with van der Waals surface area (Å²) in [5.74, 6) is 0. The molecule has 2 heterocycles. The Bertz CT molecular complexity index is 504. The Morgan fingerprint density at radius 1 is 1.39 bits per heavy atom. The van der Waals surface area contributed by atoms with Gasteiger partial charge in [-0.2, -0.15) is 0 Å². The molecule has 2 N–H and O–H groups in total. The van der Waals surface area contributed by atoms with E-state index < -0.39 is 0 Å². The quantitative estimate of drug-likeness (QED) is 0.897. The van der Waals surface area contributed by atoms with Gasteiger partial charge in [0.25, 0.3) is 0 Å². The normalized spacial score (nSPS) is 14.4. The summed E-state index contributed by atoms with van der Waals surface area (Å²) in [7, 11) is 0. The third-order valence-corrected chi connectivity index (χ3v) is 3.49. The van der Waals surface area contributed by atoms with Crippen LogP contribution in [0.5, 0.6) is 0 Å². The predicted molar refractivity (Wildman–Crippen MR) is 72.3 cm³/mol. The van der Waals surface area contributed by atoms with E-state index in [-0.39, 0.29) is 12.1 Å². The van der Waals surface area contributed by atoms with E-state index in [1.807, 2.05) is 25.5 Å². The van der Waals surface area contributed by atoms with Gasteiger partial charge in [0, 0.05) is 24.1 Å². The number of hydrogen-bond acceptors (Lipinski definition) is 3. The summed E-state index contributed by atoms with van der Waals surface area (Å²) in [5.41, 5.74) is 9.62. The Hall–Kier alpha value is -1.68. The molecule has 0 aliphatic carbocycles. The zero-order valence-corrected chi connectivity index (χ0v) is 11.2. The fourth-order valence-electron chi connectivity index (χ4n) is 2.18. The monoisotopic (exact) mass is 244 g/mol. The molecule has 4 nitrogen and oxygen atoms in total. The first-order chi connectivity index (χ1) is 8.65. The number of imidazole rings is 1. The van der Waals surface area contributed by atoms with Crippen LogP contribution in [-0.4, -0.2) is 20.6 Å². The zero-order chi connectivity index (χ0) is 13.1. The van der Waals surface area contributed by atoms with Crippen molar-refractivity contribution in [2.45, 2.75) is 39.3 Å². The third-order valence-electron chi connectivity index (χ3n) is 3.49. The number of aromatic nitrogens is 3. The summed E-state index contributed by atoms with van der Waals surface area (Å²) in [4.78, 5) is 8.56. The highest BCUT2D eigenvalue weighted by molar-refractivity contribution is 5.21. The molecule has 2 unspecified atom stereocenters. The van der Waals surface area contributed by atoms with Gasteiger partial charge < -0.3 is 10.3 Å². The van der Waals surface area contributed by atoms with Gasteiger partial charge in [0.15, 0.2) is 0 Å². The number of aryl methyl sites for hydroxylation is 1. The van der Waals surface area contributed by atoms with E-state index in [0.29, 0.717) is 0 Å². The average Bonchev–Trinajstić information content (AvgIpc) is 2.72. The first-order valence-corrected chi connectivity index (χ1v) is 6.30. The number of nitrogens with zero attached hydrogens (tertiary/aromatic N) is 3. The highest BCUT2D eigenvalue weighted by Crippen LogP contribution is 2.24. The van der Waals surface area contributed by atoms with E-state index in [0.717, 1.165) is 23.4 Å². The SMILES string of the molecule is CCC(N)C(c1cccnc1)n1cnc(C)c1C. The molecular formula is C14H20N4. The number of hydrogen-bond donors (Lipinski definition) is 1. The lowest BCUT2D eigenvalue weighted by Crippen LogP contribution is -2.32. The molecule has 2 aromatic rings. The van der Waals surface area contributed by atoms with Gasteiger partial charge >= 0.3 is 0 Å². The molecule has 2 aromatic heterocycles. The second-order valence-corrected chi connectivity index (χ2v) is 4.63. The molecule has 4 heteroatoms. The minimum Gasteiger partial charge on any atom is -0.326 e.